The van der Waals surface area contributed by atoms with Crippen molar-refractivity contribution in [1.29, 1.82) is 0 Å². The van der Waals surface area contributed by atoms with Crippen molar-refractivity contribution in [3.8, 4) is 0 Å². The largest absolute Gasteiger partial charge is 0.445 e. The second-order valence-electron chi connectivity index (χ2n) is 5.42. The van der Waals surface area contributed by atoms with Crippen LogP contribution in [0, 0.1) is 5.82 Å². The molecule has 1 fully saturated rings. The van der Waals surface area contributed by atoms with Crippen LogP contribution in [-0.2, 0) is 6.18 Å². The zero-order valence-electron chi connectivity index (χ0n) is 13.1. The Morgan fingerprint density at radius 3 is 2.46 bits per heavy atom. The fourth-order valence-corrected chi connectivity index (χ4v) is 3.28. The predicted octanol–water partition coefficient (Wildman–Crippen LogP) is 3.70. The third-order valence-electron chi connectivity index (χ3n) is 3.67. The zero-order valence-corrected chi connectivity index (χ0v) is 14.6. The summed E-state index contributed by atoms with van der Waals surface area (Å²) >= 11 is 6.14. The number of benzene rings is 1. The summed E-state index contributed by atoms with van der Waals surface area (Å²) < 4.78 is 50.9. The van der Waals surface area contributed by atoms with E-state index in [4.69, 9.17) is 11.6 Å². The van der Waals surface area contributed by atoms with Gasteiger partial charge in [-0.25, -0.2) is 9.18 Å². The van der Waals surface area contributed by atoms with Gasteiger partial charge in [0.25, 0.3) is 0 Å². The Morgan fingerprint density at radius 1 is 1.19 bits per heavy atom. The molecule has 12 heteroatoms. The molecule has 140 valence electrons. The molecule has 1 aromatic carbocycles. The number of urea groups is 1. The standard InChI is InChI=1S/C14H12ClF4N5OS/c15-9-7-8(1-2-10(9)16)20-12(25)23-3-5-24(6-4-23)13-22-21-11(26-13)14(17,18)19/h1-2,7H,3-6H2,(H,20,25). The van der Waals surface area contributed by atoms with E-state index in [9.17, 15) is 22.4 Å². The second-order valence-corrected chi connectivity index (χ2v) is 6.78. The van der Waals surface area contributed by atoms with E-state index in [0.717, 1.165) is 6.07 Å². The van der Waals surface area contributed by atoms with E-state index in [1.807, 2.05) is 0 Å². The number of amides is 2. The van der Waals surface area contributed by atoms with Crippen LogP contribution >= 0.6 is 22.9 Å². The number of carbonyl (C=O) groups excluding carboxylic acids is 1. The number of carbonyl (C=O) groups is 1. The molecule has 0 spiro atoms. The third-order valence-corrected chi connectivity index (χ3v) is 4.98. The SMILES string of the molecule is O=C(Nc1ccc(F)c(Cl)c1)N1CCN(c2nnc(C(F)(F)F)s2)CC1. The lowest BCUT2D eigenvalue weighted by Crippen LogP contribution is -2.50. The minimum absolute atomic E-state index is 0.107. The summed E-state index contributed by atoms with van der Waals surface area (Å²) in [7, 11) is 0. The highest BCUT2D eigenvalue weighted by molar-refractivity contribution is 7.15. The number of nitrogens with zero attached hydrogens (tertiary/aromatic N) is 4. The maximum Gasteiger partial charge on any atom is 0.445 e. The quantitative estimate of drug-likeness (QED) is 0.768. The summed E-state index contributed by atoms with van der Waals surface area (Å²) in [5, 5.41) is 8.39. The van der Waals surface area contributed by atoms with Gasteiger partial charge in [0.05, 0.1) is 5.02 Å². The number of rotatable bonds is 2. The smallest absolute Gasteiger partial charge is 0.343 e. The molecule has 0 unspecified atom stereocenters. The molecule has 2 aromatic rings. The third kappa shape index (κ3) is 4.15. The predicted molar refractivity (Wildman–Crippen MR) is 89.1 cm³/mol. The monoisotopic (exact) mass is 409 g/mol. The lowest BCUT2D eigenvalue weighted by molar-refractivity contribution is -0.138. The molecule has 1 aliphatic rings. The average Bonchev–Trinajstić information content (AvgIpc) is 3.09. The van der Waals surface area contributed by atoms with Gasteiger partial charge in [0, 0.05) is 31.9 Å². The van der Waals surface area contributed by atoms with Crippen LogP contribution < -0.4 is 10.2 Å². The molecule has 1 aliphatic heterocycles. The Kier molecular flexibility index (Phi) is 5.19. The van der Waals surface area contributed by atoms with Crippen LogP contribution in [0.25, 0.3) is 0 Å². The Balaban J connectivity index is 1.57. The van der Waals surface area contributed by atoms with Gasteiger partial charge in [-0.3, -0.25) is 0 Å². The Hall–Kier alpha value is -2.14. The van der Waals surface area contributed by atoms with Crippen molar-refractivity contribution in [2.24, 2.45) is 0 Å². The first kappa shape index (κ1) is 18.6. The van der Waals surface area contributed by atoms with Gasteiger partial charge in [-0.05, 0) is 18.2 Å². The molecule has 2 heterocycles. The van der Waals surface area contributed by atoms with Gasteiger partial charge >= 0.3 is 12.2 Å². The average molecular weight is 410 g/mol. The summed E-state index contributed by atoms with van der Waals surface area (Å²) in [6.07, 6.45) is -4.52. The van der Waals surface area contributed by atoms with Crippen molar-refractivity contribution >= 4 is 39.8 Å². The van der Waals surface area contributed by atoms with E-state index in [-0.39, 0.29) is 10.2 Å². The highest BCUT2D eigenvalue weighted by atomic mass is 35.5. The van der Waals surface area contributed by atoms with Gasteiger partial charge in [-0.15, -0.1) is 10.2 Å². The van der Waals surface area contributed by atoms with Crippen LogP contribution in [0.2, 0.25) is 5.02 Å². The van der Waals surface area contributed by atoms with Gasteiger partial charge in [-0.1, -0.05) is 22.9 Å². The van der Waals surface area contributed by atoms with Gasteiger partial charge in [0.2, 0.25) is 10.1 Å². The minimum atomic E-state index is -4.52. The minimum Gasteiger partial charge on any atom is -0.343 e. The van der Waals surface area contributed by atoms with Crippen molar-refractivity contribution < 1.29 is 22.4 Å². The summed E-state index contributed by atoms with van der Waals surface area (Å²) in [5.41, 5.74) is 0.350. The number of anilines is 2. The number of halogens is 5. The highest BCUT2D eigenvalue weighted by Crippen LogP contribution is 2.34. The maximum absolute atomic E-state index is 13.1. The first-order valence-electron chi connectivity index (χ1n) is 7.40. The number of aromatic nitrogens is 2. The topological polar surface area (TPSA) is 61.4 Å². The Labute approximate surface area is 154 Å². The van der Waals surface area contributed by atoms with Crippen LogP contribution in [0.1, 0.15) is 5.01 Å². The number of hydrogen-bond donors (Lipinski definition) is 1. The van der Waals surface area contributed by atoms with Crippen molar-refractivity contribution in [2.45, 2.75) is 6.18 Å². The fraction of sp³-hybridized carbons (Fsp3) is 0.357. The summed E-state index contributed by atoms with van der Waals surface area (Å²) in [5.74, 6) is -0.589. The number of piperazine rings is 1. The first-order valence-corrected chi connectivity index (χ1v) is 8.60. The molecule has 3 rings (SSSR count). The lowest BCUT2D eigenvalue weighted by atomic mass is 10.3. The summed E-state index contributed by atoms with van der Waals surface area (Å²) in [6.45, 7) is 1.23. The molecule has 1 aromatic heterocycles. The molecule has 0 saturated carbocycles. The second kappa shape index (κ2) is 7.23. The molecular formula is C14H12ClF4N5OS. The number of alkyl halides is 3. The van der Waals surface area contributed by atoms with Crippen LogP contribution in [0.5, 0.6) is 0 Å². The van der Waals surface area contributed by atoms with Gasteiger partial charge in [0.15, 0.2) is 0 Å². The molecule has 6 nitrogen and oxygen atoms in total. The summed E-state index contributed by atoms with van der Waals surface area (Å²) in [6, 6.07) is 3.42. The van der Waals surface area contributed by atoms with E-state index in [1.54, 1.807) is 4.90 Å². The molecule has 2 amide bonds. The summed E-state index contributed by atoms with van der Waals surface area (Å²) in [4.78, 5) is 15.4. The highest BCUT2D eigenvalue weighted by Gasteiger charge is 2.36. The van der Waals surface area contributed by atoms with Crippen LogP contribution in [0.15, 0.2) is 18.2 Å². The first-order chi connectivity index (χ1) is 12.2. The van der Waals surface area contributed by atoms with Crippen molar-refractivity contribution in [2.75, 3.05) is 36.4 Å². The maximum atomic E-state index is 13.1. The molecule has 0 radical (unpaired) electrons. The lowest BCUT2D eigenvalue weighted by Gasteiger charge is -2.34. The molecule has 26 heavy (non-hydrogen) atoms. The van der Waals surface area contributed by atoms with Crippen LogP contribution in [0.4, 0.5) is 33.2 Å². The molecule has 1 N–H and O–H groups in total. The normalized spacial score (nSPS) is 15.3. The van der Waals surface area contributed by atoms with E-state index < -0.39 is 23.0 Å². The van der Waals surface area contributed by atoms with Gasteiger partial charge < -0.3 is 15.1 Å². The van der Waals surface area contributed by atoms with E-state index in [1.165, 1.54) is 17.0 Å². The van der Waals surface area contributed by atoms with E-state index in [2.05, 4.69) is 15.5 Å². The van der Waals surface area contributed by atoms with Gasteiger partial charge in [0.1, 0.15) is 5.82 Å². The molecular weight excluding hydrogens is 398 g/mol. The fourth-order valence-electron chi connectivity index (χ4n) is 2.34. The molecule has 1 saturated heterocycles. The van der Waals surface area contributed by atoms with Crippen LogP contribution in [-0.4, -0.2) is 47.3 Å². The van der Waals surface area contributed by atoms with E-state index in [0.29, 0.717) is 43.2 Å². The number of nitrogens with one attached hydrogen (secondary N) is 1. The molecule has 0 aliphatic carbocycles. The zero-order chi connectivity index (χ0) is 18.9. The molecule has 0 atom stereocenters. The molecule has 0 bridgehead atoms. The van der Waals surface area contributed by atoms with Crippen molar-refractivity contribution in [3.05, 3.63) is 34.0 Å². The van der Waals surface area contributed by atoms with E-state index >= 15 is 0 Å². The van der Waals surface area contributed by atoms with Crippen LogP contribution in [0.3, 0.4) is 0 Å². The van der Waals surface area contributed by atoms with Crippen molar-refractivity contribution in [3.63, 3.8) is 0 Å². The number of hydrogen-bond acceptors (Lipinski definition) is 5. The van der Waals surface area contributed by atoms with Crippen molar-refractivity contribution in [1.82, 2.24) is 15.1 Å². The Morgan fingerprint density at radius 2 is 1.88 bits per heavy atom. The van der Waals surface area contributed by atoms with Gasteiger partial charge in [-0.2, -0.15) is 13.2 Å². The Bertz CT molecular complexity index is 807.